The second-order valence-corrected chi connectivity index (χ2v) is 4.28. The van der Waals surface area contributed by atoms with Gasteiger partial charge in [0, 0.05) is 12.6 Å². The van der Waals surface area contributed by atoms with Crippen molar-refractivity contribution in [3.63, 3.8) is 0 Å². The van der Waals surface area contributed by atoms with Gasteiger partial charge in [-0.05, 0) is 42.4 Å². The first kappa shape index (κ1) is 13.4. The summed E-state index contributed by atoms with van der Waals surface area (Å²) in [6.07, 6.45) is 0. The number of phenolic OH excluding ortho intramolecular Hbond substituents is 1. The summed E-state index contributed by atoms with van der Waals surface area (Å²) in [6, 6.07) is 11.4. The molecule has 0 unspecified atom stereocenters. The summed E-state index contributed by atoms with van der Waals surface area (Å²) in [5.74, 6) is 0.401. The summed E-state index contributed by atoms with van der Waals surface area (Å²) in [4.78, 5) is 0. The van der Waals surface area contributed by atoms with Gasteiger partial charge in [-0.2, -0.15) is 0 Å². The molecule has 0 saturated heterocycles. The Kier molecular flexibility index (Phi) is 4.36. The molecule has 2 aromatic rings. The van der Waals surface area contributed by atoms with Crippen LogP contribution in [0, 0.1) is 5.82 Å². The third-order valence-electron chi connectivity index (χ3n) is 2.65. The summed E-state index contributed by atoms with van der Waals surface area (Å²) in [7, 11) is 1.81. The van der Waals surface area contributed by atoms with Crippen LogP contribution in [0.5, 0.6) is 11.5 Å². The van der Waals surface area contributed by atoms with Gasteiger partial charge < -0.3 is 15.2 Å². The third-order valence-corrected chi connectivity index (χ3v) is 2.65. The summed E-state index contributed by atoms with van der Waals surface area (Å²) in [6.45, 7) is 0.927. The molecule has 2 rings (SSSR count). The van der Waals surface area contributed by atoms with Gasteiger partial charge in [0.15, 0.2) is 0 Å². The molecule has 0 amide bonds. The van der Waals surface area contributed by atoms with Gasteiger partial charge in [-0.1, -0.05) is 12.1 Å². The maximum absolute atomic E-state index is 13.4. The van der Waals surface area contributed by atoms with E-state index in [1.807, 2.05) is 7.05 Å². The summed E-state index contributed by atoms with van der Waals surface area (Å²) >= 11 is 0. The van der Waals surface area contributed by atoms with Gasteiger partial charge in [-0.25, -0.2) is 4.39 Å². The van der Waals surface area contributed by atoms with E-state index in [4.69, 9.17) is 4.74 Å². The van der Waals surface area contributed by atoms with Crippen molar-refractivity contribution in [1.82, 2.24) is 5.32 Å². The highest BCUT2D eigenvalue weighted by atomic mass is 19.1. The van der Waals surface area contributed by atoms with Crippen LogP contribution in [0.2, 0.25) is 0 Å². The first-order chi connectivity index (χ1) is 9.17. The molecule has 2 aromatic carbocycles. The zero-order valence-corrected chi connectivity index (χ0v) is 10.7. The van der Waals surface area contributed by atoms with Crippen LogP contribution in [0.4, 0.5) is 4.39 Å². The van der Waals surface area contributed by atoms with Crippen molar-refractivity contribution in [2.75, 3.05) is 7.05 Å². The van der Waals surface area contributed by atoms with E-state index in [-0.39, 0.29) is 11.6 Å². The molecular weight excluding hydrogens is 245 g/mol. The van der Waals surface area contributed by atoms with E-state index in [0.29, 0.717) is 18.9 Å². The van der Waals surface area contributed by atoms with Crippen LogP contribution >= 0.6 is 0 Å². The van der Waals surface area contributed by atoms with Gasteiger partial charge in [0.05, 0.1) is 0 Å². The average molecular weight is 261 g/mol. The van der Waals surface area contributed by atoms with Crippen molar-refractivity contribution in [1.29, 1.82) is 0 Å². The molecule has 0 spiro atoms. The molecule has 100 valence electrons. The van der Waals surface area contributed by atoms with E-state index in [0.717, 1.165) is 11.1 Å². The fourth-order valence-corrected chi connectivity index (χ4v) is 1.77. The van der Waals surface area contributed by atoms with Gasteiger partial charge in [0.1, 0.15) is 23.9 Å². The van der Waals surface area contributed by atoms with Crippen molar-refractivity contribution < 1.29 is 14.2 Å². The van der Waals surface area contributed by atoms with E-state index >= 15 is 0 Å². The molecule has 2 N–H and O–H groups in total. The van der Waals surface area contributed by atoms with Crippen molar-refractivity contribution in [3.05, 3.63) is 59.4 Å². The monoisotopic (exact) mass is 261 g/mol. The van der Waals surface area contributed by atoms with E-state index in [2.05, 4.69) is 5.32 Å². The predicted molar refractivity (Wildman–Crippen MR) is 71.6 cm³/mol. The number of aromatic hydroxyl groups is 1. The van der Waals surface area contributed by atoms with Crippen LogP contribution in [0.25, 0.3) is 0 Å². The number of benzene rings is 2. The minimum absolute atomic E-state index is 0.214. The lowest BCUT2D eigenvalue weighted by Crippen LogP contribution is -2.06. The molecule has 0 saturated carbocycles. The molecule has 0 fully saturated rings. The van der Waals surface area contributed by atoms with Crippen LogP contribution < -0.4 is 10.1 Å². The highest BCUT2D eigenvalue weighted by Crippen LogP contribution is 2.18. The second-order valence-electron chi connectivity index (χ2n) is 4.28. The Hall–Kier alpha value is -2.07. The number of hydrogen-bond acceptors (Lipinski definition) is 3. The molecule has 0 aliphatic heterocycles. The van der Waals surface area contributed by atoms with Crippen LogP contribution in [-0.2, 0) is 13.2 Å². The number of hydrogen-bond donors (Lipinski definition) is 2. The number of halogens is 1. The van der Waals surface area contributed by atoms with E-state index in [1.165, 1.54) is 12.1 Å². The Balaban J connectivity index is 2.04. The van der Waals surface area contributed by atoms with Crippen LogP contribution in [0.1, 0.15) is 11.1 Å². The number of phenols is 1. The quantitative estimate of drug-likeness (QED) is 0.869. The minimum atomic E-state index is -0.312. The molecule has 0 aromatic heterocycles. The largest absolute Gasteiger partial charge is 0.508 e. The minimum Gasteiger partial charge on any atom is -0.508 e. The highest BCUT2D eigenvalue weighted by Gasteiger charge is 2.02. The zero-order chi connectivity index (χ0) is 13.7. The Bertz CT molecular complexity index is 540. The van der Waals surface area contributed by atoms with Gasteiger partial charge in [-0.3, -0.25) is 0 Å². The Morgan fingerprint density at radius 1 is 1.11 bits per heavy atom. The third kappa shape index (κ3) is 3.96. The Morgan fingerprint density at radius 3 is 2.53 bits per heavy atom. The van der Waals surface area contributed by atoms with Crippen LogP contribution in [0.3, 0.4) is 0 Å². The van der Waals surface area contributed by atoms with Crippen LogP contribution in [0.15, 0.2) is 42.5 Å². The summed E-state index contributed by atoms with van der Waals surface area (Å²) in [5, 5.41) is 12.1. The normalized spacial score (nSPS) is 10.4. The lowest BCUT2D eigenvalue weighted by molar-refractivity contribution is 0.304. The van der Waals surface area contributed by atoms with E-state index < -0.39 is 0 Å². The van der Waals surface area contributed by atoms with Gasteiger partial charge in [0.2, 0.25) is 0 Å². The molecule has 4 heteroatoms. The fourth-order valence-electron chi connectivity index (χ4n) is 1.77. The first-order valence-electron chi connectivity index (χ1n) is 6.02. The standard InChI is InChI=1S/C15H16FNO2/c1-17-9-12-6-13(16)8-15(7-12)19-10-11-2-4-14(18)5-3-11/h2-8,17-18H,9-10H2,1H3. The van der Waals surface area contributed by atoms with E-state index in [9.17, 15) is 9.50 Å². The number of rotatable bonds is 5. The highest BCUT2D eigenvalue weighted by molar-refractivity contribution is 5.30. The SMILES string of the molecule is CNCc1cc(F)cc(OCc2ccc(O)cc2)c1. The van der Waals surface area contributed by atoms with Crippen molar-refractivity contribution in [2.24, 2.45) is 0 Å². The van der Waals surface area contributed by atoms with Gasteiger partial charge >= 0.3 is 0 Å². The maximum atomic E-state index is 13.4. The maximum Gasteiger partial charge on any atom is 0.127 e. The smallest absolute Gasteiger partial charge is 0.127 e. The number of nitrogens with one attached hydrogen (secondary N) is 1. The average Bonchev–Trinajstić information content (AvgIpc) is 2.38. The van der Waals surface area contributed by atoms with Crippen LogP contribution in [-0.4, -0.2) is 12.2 Å². The molecule has 0 atom stereocenters. The van der Waals surface area contributed by atoms with Crippen molar-refractivity contribution >= 4 is 0 Å². The Labute approximate surface area is 111 Å². The molecule has 3 nitrogen and oxygen atoms in total. The van der Waals surface area contributed by atoms with Gasteiger partial charge in [-0.15, -0.1) is 0 Å². The molecule has 0 heterocycles. The second kappa shape index (κ2) is 6.20. The fraction of sp³-hybridized carbons (Fsp3) is 0.200. The summed E-state index contributed by atoms with van der Waals surface area (Å²) in [5.41, 5.74) is 1.75. The molecule has 0 aliphatic rings. The molecule has 0 radical (unpaired) electrons. The van der Waals surface area contributed by atoms with E-state index in [1.54, 1.807) is 30.3 Å². The first-order valence-corrected chi connectivity index (χ1v) is 6.02. The van der Waals surface area contributed by atoms with Crippen molar-refractivity contribution in [2.45, 2.75) is 13.2 Å². The van der Waals surface area contributed by atoms with Gasteiger partial charge in [0.25, 0.3) is 0 Å². The predicted octanol–water partition coefficient (Wildman–Crippen LogP) is 2.83. The number of ether oxygens (including phenoxy) is 1. The zero-order valence-electron chi connectivity index (χ0n) is 10.7. The molecular formula is C15H16FNO2. The summed E-state index contributed by atoms with van der Waals surface area (Å²) < 4.78 is 18.9. The Morgan fingerprint density at radius 2 is 1.84 bits per heavy atom. The molecule has 0 aliphatic carbocycles. The molecule has 19 heavy (non-hydrogen) atoms. The lowest BCUT2D eigenvalue weighted by Gasteiger charge is -2.09. The lowest BCUT2D eigenvalue weighted by atomic mass is 10.2. The molecule has 0 bridgehead atoms. The topological polar surface area (TPSA) is 41.5 Å². The van der Waals surface area contributed by atoms with Crippen molar-refractivity contribution in [3.8, 4) is 11.5 Å².